The van der Waals surface area contributed by atoms with E-state index in [2.05, 4.69) is 43.5 Å². The summed E-state index contributed by atoms with van der Waals surface area (Å²) >= 11 is 0. The molecule has 0 fully saturated rings. The Bertz CT molecular complexity index is 1340. The van der Waals surface area contributed by atoms with Crippen LogP contribution in [-0.2, 0) is 19.4 Å². The monoisotopic (exact) mass is 409 g/mol. The van der Waals surface area contributed by atoms with E-state index in [4.69, 9.17) is 4.42 Å². The fourth-order valence-electron chi connectivity index (χ4n) is 4.48. The lowest BCUT2D eigenvalue weighted by molar-refractivity contribution is 0.447. The second-order valence-electron chi connectivity index (χ2n) is 8.16. The van der Waals surface area contributed by atoms with Crippen LogP contribution in [-0.4, -0.2) is 19.9 Å². The Labute approximate surface area is 179 Å². The maximum Gasteiger partial charge on any atom is 0.203 e. The molecule has 2 N–H and O–H groups in total. The smallest absolute Gasteiger partial charge is 0.203 e. The summed E-state index contributed by atoms with van der Waals surface area (Å²) < 4.78 is 6.05. The topological polar surface area (TPSA) is 79.6 Å². The highest BCUT2D eigenvalue weighted by Crippen LogP contribution is 2.28. The molecule has 2 aromatic carbocycles. The zero-order valence-corrected chi connectivity index (χ0v) is 17.1. The van der Waals surface area contributed by atoms with Gasteiger partial charge in [0.05, 0.1) is 29.2 Å². The van der Waals surface area contributed by atoms with E-state index >= 15 is 0 Å². The molecule has 1 aliphatic rings. The van der Waals surface area contributed by atoms with Crippen molar-refractivity contribution in [2.45, 2.75) is 38.3 Å². The summed E-state index contributed by atoms with van der Waals surface area (Å²) in [4.78, 5) is 17.2. The molecule has 0 aliphatic heterocycles. The molecule has 1 atom stereocenters. The summed E-state index contributed by atoms with van der Waals surface area (Å²) in [6.45, 7) is 0.774. The lowest BCUT2D eigenvalue weighted by Crippen LogP contribution is -2.25. The molecule has 1 unspecified atom stereocenters. The van der Waals surface area contributed by atoms with Crippen molar-refractivity contribution >= 4 is 22.1 Å². The van der Waals surface area contributed by atoms with Gasteiger partial charge < -0.3 is 14.7 Å². The second-order valence-corrected chi connectivity index (χ2v) is 8.16. The van der Waals surface area contributed by atoms with E-state index in [9.17, 15) is 0 Å². The summed E-state index contributed by atoms with van der Waals surface area (Å²) in [7, 11) is 0. The van der Waals surface area contributed by atoms with Crippen LogP contribution in [0.25, 0.3) is 22.1 Å². The van der Waals surface area contributed by atoms with Crippen molar-refractivity contribution in [2.75, 3.05) is 0 Å². The number of H-pyrrole nitrogens is 1. The van der Waals surface area contributed by atoms with Crippen molar-refractivity contribution in [3.63, 3.8) is 0 Å². The van der Waals surface area contributed by atoms with Gasteiger partial charge in [-0.15, -0.1) is 0 Å². The summed E-state index contributed by atoms with van der Waals surface area (Å²) in [5.41, 5.74) is 7.42. The average molecular weight is 409 g/mol. The molecule has 6 nitrogen and oxygen atoms in total. The zero-order chi connectivity index (χ0) is 20.6. The molecule has 5 aromatic rings. The minimum Gasteiger partial charge on any atom is -0.440 e. The van der Waals surface area contributed by atoms with Gasteiger partial charge in [0.1, 0.15) is 11.3 Å². The quantitative estimate of drug-likeness (QED) is 0.433. The van der Waals surface area contributed by atoms with Crippen molar-refractivity contribution in [1.82, 2.24) is 25.3 Å². The average Bonchev–Trinajstić information content (AvgIpc) is 3.40. The lowest BCUT2D eigenvalue weighted by Gasteiger charge is -2.25. The molecule has 0 spiro atoms. The molecule has 3 heterocycles. The van der Waals surface area contributed by atoms with Crippen LogP contribution in [0.1, 0.15) is 47.4 Å². The van der Waals surface area contributed by atoms with Crippen molar-refractivity contribution in [3.05, 3.63) is 89.3 Å². The molecule has 0 saturated heterocycles. The summed E-state index contributed by atoms with van der Waals surface area (Å²) in [5.74, 6) is 1.53. The first-order valence-corrected chi connectivity index (χ1v) is 10.8. The number of nitrogens with zero attached hydrogens (tertiary/aromatic N) is 3. The third kappa shape index (κ3) is 3.59. The fraction of sp³-hybridized carbons (Fsp3) is 0.240. The minimum absolute atomic E-state index is 0.305. The maximum absolute atomic E-state index is 6.05. The van der Waals surface area contributed by atoms with Gasteiger partial charge >= 0.3 is 0 Å². The van der Waals surface area contributed by atoms with E-state index in [-0.39, 0.29) is 0 Å². The number of pyridine rings is 1. The maximum atomic E-state index is 6.05. The van der Waals surface area contributed by atoms with Gasteiger partial charge in [-0.2, -0.15) is 0 Å². The van der Waals surface area contributed by atoms with E-state index in [1.807, 2.05) is 42.6 Å². The molecular formula is C25H23N5O. The number of imidazole rings is 1. The van der Waals surface area contributed by atoms with Crippen LogP contribution >= 0.6 is 0 Å². The zero-order valence-electron chi connectivity index (χ0n) is 17.1. The number of nitrogens with one attached hydrogen (secondary N) is 2. The molecule has 0 amide bonds. The first kappa shape index (κ1) is 18.3. The van der Waals surface area contributed by atoms with Gasteiger partial charge in [-0.1, -0.05) is 24.3 Å². The number of aromatic amines is 1. The number of hydrogen-bond donors (Lipinski definition) is 2. The highest BCUT2D eigenvalue weighted by molar-refractivity contribution is 5.75. The highest BCUT2D eigenvalue weighted by atomic mass is 16.3. The van der Waals surface area contributed by atoms with E-state index in [0.717, 1.165) is 47.3 Å². The van der Waals surface area contributed by atoms with Crippen molar-refractivity contribution in [1.29, 1.82) is 0 Å². The second kappa shape index (κ2) is 7.63. The Hall–Kier alpha value is -3.51. The Morgan fingerprint density at radius 2 is 2.00 bits per heavy atom. The van der Waals surface area contributed by atoms with Gasteiger partial charge in [0.25, 0.3) is 0 Å². The summed E-state index contributed by atoms with van der Waals surface area (Å²) in [6, 6.07) is 18.8. The number of oxazole rings is 1. The third-order valence-electron chi connectivity index (χ3n) is 6.00. The minimum atomic E-state index is 0.305. The van der Waals surface area contributed by atoms with Gasteiger partial charge in [-0.25, -0.2) is 9.97 Å². The number of aryl methyl sites for hydroxylation is 1. The van der Waals surface area contributed by atoms with Crippen molar-refractivity contribution in [3.8, 4) is 0 Å². The van der Waals surface area contributed by atoms with Crippen LogP contribution in [0, 0.1) is 0 Å². The van der Waals surface area contributed by atoms with E-state index < -0.39 is 0 Å². The number of benzene rings is 2. The molecule has 0 saturated carbocycles. The predicted molar refractivity (Wildman–Crippen MR) is 120 cm³/mol. The summed E-state index contributed by atoms with van der Waals surface area (Å²) in [6.07, 6.45) is 5.88. The SMILES string of the molecule is c1cnc2c(c1)CCCC2NCc1ccc2nc(Cc3nc4ccccc4[nH]3)oc2c1. The Morgan fingerprint density at radius 3 is 2.97 bits per heavy atom. The van der Waals surface area contributed by atoms with E-state index in [0.29, 0.717) is 18.4 Å². The van der Waals surface area contributed by atoms with Crippen molar-refractivity contribution in [2.24, 2.45) is 0 Å². The standard InChI is InChI=1S/C25H23N5O/c1-2-8-19-18(7-1)28-23(29-19)14-24-30-20-11-10-16(13-22(20)31-24)15-27-21-9-3-5-17-6-4-12-26-25(17)21/h1-2,4,6-8,10-13,21,27H,3,5,9,14-15H2,(H,28,29). The molecule has 6 heteroatoms. The van der Waals surface area contributed by atoms with Crippen LogP contribution in [0.15, 0.2) is 65.2 Å². The number of aromatic nitrogens is 4. The van der Waals surface area contributed by atoms with Gasteiger partial charge in [-0.05, 0) is 60.7 Å². The van der Waals surface area contributed by atoms with Gasteiger partial charge in [0.15, 0.2) is 5.58 Å². The largest absolute Gasteiger partial charge is 0.440 e. The molecule has 6 rings (SSSR count). The van der Waals surface area contributed by atoms with E-state index in [1.54, 1.807) is 0 Å². The Balaban J connectivity index is 1.18. The number of para-hydroxylation sites is 2. The molecule has 154 valence electrons. The Kier molecular flexibility index (Phi) is 4.50. The fourth-order valence-corrected chi connectivity index (χ4v) is 4.48. The number of rotatable bonds is 5. The number of fused-ring (bicyclic) bond motifs is 3. The lowest BCUT2D eigenvalue weighted by atomic mass is 9.92. The van der Waals surface area contributed by atoms with Gasteiger partial charge in [0, 0.05) is 12.7 Å². The molecule has 1 aliphatic carbocycles. The Morgan fingerprint density at radius 1 is 1.03 bits per heavy atom. The first-order chi connectivity index (χ1) is 15.3. The van der Waals surface area contributed by atoms with Crippen LogP contribution in [0.2, 0.25) is 0 Å². The van der Waals surface area contributed by atoms with Crippen LogP contribution < -0.4 is 5.32 Å². The van der Waals surface area contributed by atoms with Gasteiger partial charge in [0.2, 0.25) is 5.89 Å². The van der Waals surface area contributed by atoms with Crippen LogP contribution in [0.4, 0.5) is 0 Å². The third-order valence-corrected chi connectivity index (χ3v) is 6.00. The summed E-state index contributed by atoms with van der Waals surface area (Å²) in [5, 5.41) is 3.68. The predicted octanol–water partition coefficient (Wildman–Crippen LogP) is 4.86. The molecule has 0 bridgehead atoms. The molecule has 31 heavy (non-hydrogen) atoms. The van der Waals surface area contributed by atoms with Gasteiger partial charge in [-0.3, -0.25) is 4.98 Å². The molecule has 0 radical (unpaired) electrons. The first-order valence-electron chi connectivity index (χ1n) is 10.8. The normalized spacial score (nSPS) is 16.1. The highest BCUT2D eigenvalue weighted by Gasteiger charge is 2.20. The van der Waals surface area contributed by atoms with Crippen LogP contribution in [0.5, 0.6) is 0 Å². The molecule has 3 aromatic heterocycles. The van der Waals surface area contributed by atoms with Crippen molar-refractivity contribution < 1.29 is 4.42 Å². The van der Waals surface area contributed by atoms with Crippen LogP contribution in [0.3, 0.4) is 0 Å². The van der Waals surface area contributed by atoms with E-state index in [1.165, 1.54) is 23.2 Å². The number of hydrogen-bond acceptors (Lipinski definition) is 5. The molecular weight excluding hydrogens is 386 g/mol.